The zero-order chi connectivity index (χ0) is 21.1. The summed E-state index contributed by atoms with van der Waals surface area (Å²) in [6, 6.07) is 11.7. The van der Waals surface area contributed by atoms with Gasteiger partial charge in [0.05, 0.1) is 23.9 Å². The second-order valence-corrected chi connectivity index (χ2v) is 8.07. The Morgan fingerprint density at radius 1 is 1.20 bits per heavy atom. The van der Waals surface area contributed by atoms with Gasteiger partial charge in [-0.15, -0.1) is 0 Å². The lowest BCUT2D eigenvalue weighted by Gasteiger charge is -2.38. The lowest BCUT2D eigenvalue weighted by Crippen LogP contribution is -2.46. The summed E-state index contributed by atoms with van der Waals surface area (Å²) in [5.74, 6) is 0.0859. The van der Waals surface area contributed by atoms with Crippen molar-refractivity contribution in [1.82, 2.24) is 4.90 Å². The van der Waals surface area contributed by atoms with Gasteiger partial charge in [-0.25, -0.2) is 4.39 Å². The zero-order valence-corrected chi connectivity index (χ0v) is 16.9. The number of ether oxygens (including phenoxy) is 2. The number of hydrogen-bond donors (Lipinski definition) is 2. The highest BCUT2D eigenvalue weighted by molar-refractivity contribution is 5.95. The van der Waals surface area contributed by atoms with E-state index in [2.05, 4.69) is 0 Å². The molecule has 2 fully saturated rings. The number of hydrogen-bond acceptors (Lipinski definition) is 5. The number of rotatable bonds is 5. The summed E-state index contributed by atoms with van der Waals surface area (Å²) in [6.07, 6.45) is 2.22. The van der Waals surface area contributed by atoms with Gasteiger partial charge in [-0.1, -0.05) is 12.1 Å². The van der Waals surface area contributed by atoms with Gasteiger partial charge in [-0.05, 0) is 61.7 Å². The molecule has 0 radical (unpaired) electrons. The van der Waals surface area contributed by atoms with Gasteiger partial charge in [-0.2, -0.15) is 0 Å². The normalized spacial score (nSPS) is 20.5. The van der Waals surface area contributed by atoms with Gasteiger partial charge in [0, 0.05) is 19.5 Å². The first-order valence-corrected chi connectivity index (χ1v) is 10.4. The van der Waals surface area contributed by atoms with Crippen LogP contribution in [0.4, 0.5) is 4.39 Å². The molecular weight excluding hydrogens is 387 g/mol. The lowest BCUT2D eigenvalue weighted by atomic mass is 9.88. The minimum Gasteiger partial charge on any atom is -0.457 e. The second-order valence-electron chi connectivity index (χ2n) is 8.07. The molecule has 1 amide bonds. The quantitative estimate of drug-likeness (QED) is 0.786. The highest BCUT2D eigenvalue weighted by Crippen LogP contribution is 2.36. The van der Waals surface area contributed by atoms with Gasteiger partial charge >= 0.3 is 0 Å². The van der Waals surface area contributed by atoms with E-state index in [-0.39, 0.29) is 17.1 Å². The van der Waals surface area contributed by atoms with Gasteiger partial charge in [0.1, 0.15) is 17.3 Å². The van der Waals surface area contributed by atoms with Crippen molar-refractivity contribution in [1.29, 1.82) is 0 Å². The van der Waals surface area contributed by atoms with Crippen LogP contribution >= 0.6 is 0 Å². The first kappa shape index (κ1) is 20.8. The fourth-order valence-electron chi connectivity index (χ4n) is 4.22. The average Bonchev–Trinajstić information content (AvgIpc) is 3.11. The summed E-state index contributed by atoms with van der Waals surface area (Å²) in [4.78, 5) is 14.6. The summed E-state index contributed by atoms with van der Waals surface area (Å²) < 4.78 is 26.0. The van der Waals surface area contributed by atoms with Crippen LogP contribution in [0.2, 0.25) is 0 Å². The molecule has 0 bridgehead atoms. The molecular formula is C23H27FN2O4. The van der Waals surface area contributed by atoms with E-state index in [1.165, 1.54) is 18.2 Å². The second kappa shape index (κ2) is 8.71. The van der Waals surface area contributed by atoms with Gasteiger partial charge < -0.3 is 25.2 Å². The van der Waals surface area contributed by atoms with Crippen LogP contribution in [0.5, 0.6) is 11.5 Å². The molecule has 160 valence electrons. The van der Waals surface area contributed by atoms with Crippen LogP contribution in [-0.4, -0.2) is 53.9 Å². The van der Waals surface area contributed by atoms with Gasteiger partial charge in [0.25, 0.3) is 5.91 Å². The lowest BCUT2D eigenvalue weighted by molar-refractivity contribution is -0.0398. The molecule has 2 heterocycles. The number of aliphatic hydroxyl groups excluding tert-OH is 1. The summed E-state index contributed by atoms with van der Waals surface area (Å²) >= 11 is 0. The number of likely N-dealkylation sites (tertiary alicyclic amines) is 1. The Balaban J connectivity index is 1.43. The molecule has 0 aliphatic carbocycles. The van der Waals surface area contributed by atoms with Crippen molar-refractivity contribution in [3.8, 4) is 11.5 Å². The third-order valence-electron chi connectivity index (χ3n) is 5.91. The van der Waals surface area contributed by atoms with Crippen LogP contribution in [0.3, 0.4) is 0 Å². The molecule has 7 heteroatoms. The number of nitrogens with zero attached hydrogens (tertiary/aromatic N) is 1. The Labute approximate surface area is 175 Å². The largest absolute Gasteiger partial charge is 0.457 e. The van der Waals surface area contributed by atoms with Gasteiger partial charge in [-0.3, -0.25) is 4.79 Å². The van der Waals surface area contributed by atoms with E-state index in [0.717, 1.165) is 12.0 Å². The standard InChI is InChI=1S/C23H27FN2O4/c24-21-6-5-19(30-18-3-1-16(2-4-18)7-10-25)13-20(21)22(28)26-11-8-23(9-12-26)14-17(27)15-29-23/h1-6,13,17,27H,7-12,14-15,25H2. The monoisotopic (exact) mass is 414 g/mol. The van der Waals surface area contributed by atoms with Crippen LogP contribution < -0.4 is 10.5 Å². The van der Waals surface area contributed by atoms with Crippen molar-refractivity contribution < 1.29 is 23.8 Å². The Hall–Kier alpha value is -2.48. The van der Waals surface area contributed by atoms with Crippen molar-refractivity contribution >= 4 is 5.91 Å². The minimum absolute atomic E-state index is 0.00410. The Kier molecular flexibility index (Phi) is 6.04. The van der Waals surface area contributed by atoms with Crippen LogP contribution in [0.1, 0.15) is 35.2 Å². The maximum atomic E-state index is 14.4. The maximum Gasteiger partial charge on any atom is 0.256 e. The highest BCUT2D eigenvalue weighted by atomic mass is 19.1. The molecule has 2 aromatic carbocycles. The van der Waals surface area contributed by atoms with E-state index in [9.17, 15) is 14.3 Å². The number of nitrogens with two attached hydrogens (primary N) is 1. The number of carbonyl (C=O) groups excluding carboxylic acids is 1. The summed E-state index contributed by atoms with van der Waals surface area (Å²) in [5.41, 5.74) is 6.32. The number of halogens is 1. The van der Waals surface area contributed by atoms with Crippen LogP contribution in [0.25, 0.3) is 0 Å². The molecule has 4 rings (SSSR count). The van der Waals surface area contributed by atoms with Crippen molar-refractivity contribution in [3.05, 3.63) is 59.4 Å². The molecule has 0 aromatic heterocycles. The summed E-state index contributed by atoms with van der Waals surface area (Å²) in [5, 5.41) is 9.76. The minimum atomic E-state index is -0.571. The Morgan fingerprint density at radius 2 is 1.90 bits per heavy atom. The smallest absolute Gasteiger partial charge is 0.256 e. The Bertz CT molecular complexity index is 895. The fraction of sp³-hybridized carbons (Fsp3) is 0.435. The van der Waals surface area contributed by atoms with E-state index >= 15 is 0 Å². The third-order valence-corrected chi connectivity index (χ3v) is 5.91. The number of aliphatic hydroxyl groups is 1. The van der Waals surface area contributed by atoms with E-state index in [1.807, 2.05) is 24.3 Å². The third kappa shape index (κ3) is 4.48. The predicted molar refractivity (Wildman–Crippen MR) is 110 cm³/mol. The van der Waals surface area contributed by atoms with Crippen molar-refractivity contribution in [2.24, 2.45) is 5.73 Å². The maximum absolute atomic E-state index is 14.4. The van der Waals surface area contributed by atoms with Crippen LogP contribution in [0, 0.1) is 5.82 Å². The molecule has 2 aromatic rings. The molecule has 2 aliphatic heterocycles. The molecule has 1 unspecified atom stereocenters. The molecule has 1 atom stereocenters. The van der Waals surface area contributed by atoms with E-state index < -0.39 is 11.9 Å². The molecule has 1 spiro atoms. The molecule has 30 heavy (non-hydrogen) atoms. The van der Waals surface area contributed by atoms with Gasteiger partial charge in [0.15, 0.2) is 0 Å². The van der Waals surface area contributed by atoms with E-state index in [4.69, 9.17) is 15.2 Å². The number of benzene rings is 2. The van der Waals surface area contributed by atoms with Crippen molar-refractivity contribution in [2.45, 2.75) is 37.4 Å². The van der Waals surface area contributed by atoms with Crippen LogP contribution in [-0.2, 0) is 11.2 Å². The van der Waals surface area contributed by atoms with Gasteiger partial charge in [0.2, 0.25) is 0 Å². The highest BCUT2D eigenvalue weighted by Gasteiger charge is 2.43. The first-order valence-electron chi connectivity index (χ1n) is 10.4. The number of amides is 1. The van der Waals surface area contributed by atoms with Crippen molar-refractivity contribution in [2.75, 3.05) is 26.2 Å². The average molecular weight is 414 g/mol. The fourth-order valence-corrected chi connectivity index (χ4v) is 4.22. The Morgan fingerprint density at radius 3 is 2.53 bits per heavy atom. The number of carbonyl (C=O) groups is 1. The van der Waals surface area contributed by atoms with Crippen molar-refractivity contribution in [3.63, 3.8) is 0 Å². The zero-order valence-electron chi connectivity index (χ0n) is 16.9. The van der Waals surface area contributed by atoms with E-state index in [0.29, 0.717) is 57.0 Å². The SMILES string of the molecule is NCCc1ccc(Oc2ccc(F)c(C(=O)N3CCC4(CC3)CC(O)CO4)c2)cc1. The molecule has 2 saturated heterocycles. The molecule has 2 aliphatic rings. The van der Waals surface area contributed by atoms with E-state index in [1.54, 1.807) is 4.90 Å². The summed E-state index contributed by atoms with van der Waals surface area (Å²) in [6.45, 7) is 1.86. The number of piperidine rings is 1. The summed E-state index contributed by atoms with van der Waals surface area (Å²) in [7, 11) is 0. The predicted octanol–water partition coefficient (Wildman–Crippen LogP) is 2.88. The van der Waals surface area contributed by atoms with Crippen LogP contribution in [0.15, 0.2) is 42.5 Å². The molecule has 3 N–H and O–H groups in total. The molecule has 6 nitrogen and oxygen atoms in total. The topological polar surface area (TPSA) is 85.0 Å². The first-order chi connectivity index (χ1) is 14.5. The molecule has 0 saturated carbocycles.